The predicted molar refractivity (Wildman–Crippen MR) is 161 cm³/mol. The van der Waals surface area contributed by atoms with Crippen molar-refractivity contribution in [3.63, 3.8) is 0 Å². The summed E-state index contributed by atoms with van der Waals surface area (Å²) in [6.07, 6.45) is 18.8. The molecule has 1 fully saturated rings. The number of rotatable bonds is 15. The van der Waals surface area contributed by atoms with Gasteiger partial charge in [0.2, 0.25) is 5.91 Å². The molecule has 3 heteroatoms. The van der Waals surface area contributed by atoms with Crippen molar-refractivity contribution in [3.8, 4) is 0 Å². The molecule has 2 rings (SSSR count). The number of carbonyl (C=O) groups is 1. The number of hydrogen-bond acceptors (Lipinski definition) is 2. The van der Waals surface area contributed by atoms with Crippen LogP contribution in [0.2, 0.25) is 0 Å². The smallest absolute Gasteiger partial charge is 0.222 e. The van der Waals surface area contributed by atoms with E-state index in [-0.39, 0.29) is 0 Å². The zero-order chi connectivity index (χ0) is 26.9. The third-order valence-corrected chi connectivity index (χ3v) is 7.29. The van der Waals surface area contributed by atoms with Crippen LogP contribution < -0.4 is 0 Å². The van der Waals surface area contributed by atoms with E-state index in [0.29, 0.717) is 12.3 Å². The standard InChI is InChI=1S/C34H52N2O/c1-29(2)13-9-14-30(3)15-10-16-31(4)17-11-18-32(5)19-12-22-34(37)36-27-25-35(26-28-36)24-23-33-20-7-6-8-21-33/h6-8,13,15,17,19-21H,9-12,14,16,18,22-28H2,1-5H3/b30-15+,31-17?,32-19+. The van der Waals surface area contributed by atoms with Gasteiger partial charge in [-0.05, 0) is 91.5 Å². The van der Waals surface area contributed by atoms with Gasteiger partial charge in [-0.3, -0.25) is 9.69 Å². The molecule has 0 saturated carbocycles. The Morgan fingerprint density at radius 1 is 0.676 bits per heavy atom. The molecule has 0 unspecified atom stereocenters. The van der Waals surface area contributed by atoms with Crippen molar-refractivity contribution in [1.29, 1.82) is 0 Å². The Morgan fingerprint density at radius 2 is 1.16 bits per heavy atom. The summed E-state index contributed by atoms with van der Waals surface area (Å²) < 4.78 is 0. The molecule has 0 N–H and O–H groups in total. The zero-order valence-electron chi connectivity index (χ0n) is 24.4. The second-order valence-corrected chi connectivity index (χ2v) is 11.0. The fourth-order valence-corrected chi connectivity index (χ4v) is 4.74. The normalized spacial score (nSPS) is 15.7. The van der Waals surface area contributed by atoms with Crippen LogP contribution in [0.1, 0.15) is 91.5 Å². The van der Waals surface area contributed by atoms with Crippen molar-refractivity contribution in [1.82, 2.24) is 9.80 Å². The molecule has 37 heavy (non-hydrogen) atoms. The number of piperazine rings is 1. The molecular weight excluding hydrogens is 452 g/mol. The second kappa shape index (κ2) is 18.0. The van der Waals surface area contributed by atoms with Crippen molar-refractivity contribution >= 4 is 5.91 Å². The fraction of sp³-hybridized carbons (Fsp3) is 0.559. The van der Waals surface area contributed by atoms with Crippen LogP contribution in [0.25, 0.3) is 0 Å². The first-order valence-electron chi connectivity index (χ1n) is 14.5. The lowest BCUT2D eigenvalue weighted by Crippen LogP contribution is -2.49. The van der Waals surface area contributed by atoms with Gasteiger partial charge in [0, 0.05) is 39.1 Å². The van der Waals surface area contributed by atoms with Gasteiger partial charge in [-0.15, -0.1) is 0 Å². The minimum Gasteiger partial charge on any atom is -0.340 e. The third-order valence-electron chi connectivity index (χ3n) is 7.29. The van der Waals surface area contributed by atoms with Gasteiger partial charge in [0.05, 0.1) is 0 Å². The maximum Gasteiger partial charge on any atom is 0.222 e. The monoisotopic (exact) mass is 504 g/mol. The molecule has 0 aromatic heterocycles. The van der Waals surface area contributed by atoms with Crippen LogP contribution in [0.4, 0.5) is 0 Å². The Labute approximate surface area is 228 Å². The highest BCUT2D eigenvalue weighted by Gasteiger charge is 2.20. The maximum atomic E-state index is 12.7. The Kier molecular flexibility index (Phi) is 15.0. The quantitative estimate of drug-likeness (QED) is 0.224. The first-order valence-corrected chi connectivity index (χ1v) is 14.5. The average Bonchev–Trinajstić information content (AvgIpc) is 2.88. The molecule has 0 aliphatic carbocycles. The largest absolute Gasteiger partial charge is 0.340 e. The Balaban J connectivity index is 1.57. The molecule has 0 bridgehead atoms. The van der Waals surface area contributed by atoms with Crippen LogP contribution in [-0.4, -0.2) is 48.4 Å². The lowest BCUT2D eigenvalue weighted by molar-refractivity contribution is -0.132. The van der Waals surface area contributed by atoms with Gasteiger partial charge < -0.3 is 4.90 Å². The highest BCUT2D eigenvalue weighted by Crippen LogP contribution is 2.14. The van der Waals surface area contributed by atoms with E-state index >= 15 is 0 Å². The summed E-state index contributed by atoms with van der Waals surface area (Å²) in [4.78, 5) is 17.2. The summed E-state index contributed by atoms with van der Waals surface area (Å²) in [5.41, 5.74) is 7.19. The van der Waals surface area contributed by atoms with Crippen LogP contribution in [0.15, 0.2) is 76.9 Å². The number of carbonyl (C=O) groups excluding carboxylic acids is 1. The van der Waals surface area contributed by atoms with E-state index in [1.807, 2.05) is 0 Å². The summed E-state index contributed by atoms with van der Waals surface area (Å²) in [5.74, 6) is 0.312. The number of hydrogen-bond donors (Lipinski definition) is 0. The highest BCUT2D eigenvalue weighted by molar-refractivity contribution is 5.76. The molecule has 1 amide bonds. The summed E-state index contributed by atoms with van der Waals surface area (Å²) in [7, 11) is 0. The Morgan fingerprint density at radius 3 is 1.68 bits per heavy atom. The Hall–Kier alpha value is -2.39. The van der Waals surface area contributed by atoms with Crippen LogP contribution >= 0.6 is 0 Å². The predicted octanol–water partition coefficient (Wildman–Crippen LogP) is 8.30. The highest BCUT2D eigenvalue weighted by atomic mass is 16.2. The molecule has 0 spiro atoms. The minimum absolute atomic E-state index is 0.312. The summed E-state index contributed by atoms with van der Waals surface area (Å²) in [6, 6.07) is 10.7. The van der Waals surface area contributed by atoms with Gasteiger partial charge in [0.15, 0.2) is 0 Å². The molecule has 204 valence electrons. The van der Waals surface area contributed by atoms with E-state index in [2.05, 4.69) is 99.1 Å². The van der Waals surface area contributed by atoms with Crippen molar-refractivity contribution < 1.29 is 4.79 Å². The van der Waals surface area contributed by atoms with Gasteiger partial charge in [0.1, 0.15) is 0 Å². The summed E-state index contributed by atoms with van der Waals surface area (Å²) in [6.45, 7) is 15.8. The summed E-state index contributed by atoms with van der Waals surface area (Å²) >= 11 is 0. The fourth-order valence-electron chi connectivity index (χ4n) is 4.74. The summed E-state index contributed by atoms with van der Waals surface area (Å²) in [5, 5.41) is 0. The third kappa shape index (κ3) is 14.2. The first-order chi connectivity index (χ1) is 17.8. The molecule has 0 atom stereocenters. The molecular formula is C34H52N2O. The van der Waals surface area contributed by atoms with Crippen molar-refractivity contribution in [2.45, 2.75) is 92.4 Å². The van der Waals surface area contributed by atoms with Gasteiger partial charge in [-0.1, -0.05) is 76.9 Å². The van der Waals surface area contributed by atoms with E-state index in [9.17, 15) is 4.79 Å². The molecule has 1 aromatic carbocycles. The second-order valence-electron chi connectivity index (χ2n) is 11.0. The van der Waals surface area contributed by atoms with E-state index < -0.39 is 0 Å². The van der Waals surface area contributed by atoms with E-state index in [0.717, 1.165) is 77.7 Å². The van der Waals surface area contributed by atoms with Crippen LogP contribution in [0.3, 0.4) is 0 Å². The SMILES string of the molecule is CC(C)=CCC/C(C)=C/CCC(C)=CCC/C(C)=C/CCC(=O)N1CCN(CCc2ccccc2)CC1. The molecule has 0 radical (unpaired) electrons. The number of amides is 1. The van der Waals surface area contributed by atoms with Crippen LogP contribution in [-0.2, 0) is 11.2 Å². The Bertz CT molecular complexity index is 910. The van der Waals surface area contributed by atoms with Crippen molar-refractivity contribution in [2.24, 2.45) is 0 Å². The maximum absolute atomic E-state index is 12.7. The first kappa shape index (κ1) is 30.8. The lowest BCUT2D eigenvalue weighted by Gasteiger charge is -2.34. The van der Waals surface area contributed by atoms with Gasteiger partial charge >= 0.3 is 0 Å². The van der Waals surface area contributed by atoms with Gasteiger partial charge in [-0.25, -0.2) is 0 Å². The average molecular weight is 505 g/mol. The van der Waals surface area contributed by atoms with Crippen LogP contribution in [0.5, 0.6) is 0 Å². The molecule has 1 aromatic rings. The molecule has 3 nitrogen and oxygen atoms in total. The van der Waals surface area contributed by atoms with E-state index in [4.69, 9.17) is 0 Å². The van der Waals surface area contributed by atoms with Crippen molar-refractivity contribution in [3.05, 3.63) is 82.5 Å². The number of nitrogens with zero attached hydrogens (tertiary/aromatic N) is 2. The molecule has 1 saturated heterocycles. The number of allylic oxidation sites excluding steroid dienone is 8. The van der Waals surface area contributed by atoms with Gasteiger partial charge in [-0.2, -0.15) is 0 Å². The zero-order valence-corrected chi connectivity index (χ0v) is 24.4. The van der Waals surface area contributed by atoms with E-state index in [1.54, 1.807) is 0 Å². The van der Waals surface area contributed by atoms with E-state index in [1.165, 1.54) is 34.3 Å². The van der Waals surface area contributed by atoms with Crippen LogP contribution in [0, 0.1) is 0 Å². The molecule has 1 aliphatic rings. The lowest BCUT2D eigenvalue weighted by atomic mass is 10.0. The number of benzene rings is 1. The molecule has 1 heterocycles. The minimum atomic E-state index is 0.312. The topological polar surface area (TPSA) is 23.6 Å². The van der Waals surface area contributed by atoms with Gasteiger partial charge in [0.25, 0.3) is 0 Å². The van der Waals surface area contributed by atoms with Crippen molar-refractivity contribution in [2.75, 3.05) is 32.7 Å². The molecule has 1 aliphatic heterocycles.